The summed E-state index contributed by atoms with van der Waals surface area (Å²) in [5, 5.41) is 7.77. The molecule has 4 nitrogen and oxygen atoms in total. The first-order valence-corrected chi connectivity index (χ1v) is 4.31. The number of rotatable bonds is 1. The van der Waals surface area contributed by atoms with Gasteiger partial charge in [0.25, 0.3) is 0 Å². The molecule has 2 heterocycles. The maximum atomic E-state index is 5.32. The lowest BCUT2D eigenvalue weighted by Crippen LogP contribution is -2.19. The molecule has 2 rings (SSSR count). The minimum absolute atomic E-state index is 0.643. The lowest BCUT2D eigenvalue weighted by Gasteiger charge is -2.10. The van der Waals surface area contributed by atoms with Gasteiger partial charge in [0.1, 0.15) is 0 Å². The van der Waals surface area contributed by atoms with Gasteiger partial charge in [0.15, 0.2) is 0 Å². The molecular weight excluding hydrogens is 154 g/mol. The Labute approximate surface area is 71.6 Å². The topological polar surface area (TPSA) is 42.2 Å². The SMILES string of the molecule is Cc1nnc(N2CCC(C)C2)o1. The van der Waals surface area contributed by atoms with Crippen LogP contribution in [0.25, 0.3) is 0 Å². The average Bonchev–Trinajstić information content (AvgIpc) is 2.58. The van der Waals surface area contributed by atoms with E-state index in [2.05, 4.69) is 22.0 Å². The molecule has 1 unspecified atom stereocenters. The summed E-state index contributed by atoms with van der Waals surface area (Å²) >= 11 is 0. The van der Waals surface area contributed by atoms with Crippen LogP contribution in [0.4, 0.5) is 6.01 Å². The maximum absolute atomic E-state index is 5.32. The molecule has 0 aromatic carbocycles. The van der Waals surface area contributed by atoms with Crippen LogP contribution in [-0.2, 0) is 0 Å². The molecule has 0 saturated carbocycles. The van der Waals surface area contributed by atoms with Crippen molar-refractivity contribution in [3.05, 3.63) is 5.89 Å². The standard InChI is InChI=1S/C8H13N3O/c1-6-3-4-11(5-6)8-10-9-7(2)12-8/h6H,3-5H2,1-2H3. The molecule has 66 valence electrons. The molecule has 1 aliphatic heterocycles. The first-order chi connectivity index (χ1) is 5.75. The number of aromatic nitrogens is 2. The zero-order valence-electron chi connectivity index (χ0n) is 7.45. The van der Waals surface area contributed by atoms with Gasteiger partial charge in [0.2, 0.25) is 5.89 Å². The van der Waals surface area contributed by atoms with Gasteiger partial charge in [-0.05, 0) is 12.3 Å². The van der Waals surface area contributed by atoms with E-state index in [9.17, 15) is 0 Å². The monoisotopic (exact) mass is 167 g/mol. The van der Waals surface area contributed by atoms with Crippen molar-refractivity contribution in [3.63, 3.8) is 0 Å². The zero-order valence-corrected chi connectivity index (χ0v) is 7.45. The van der Waals surface area contributed by atoms with Gasteiger partial charge in [-0.25, -0.2) is 0 Å². The molecule has 1 aliphatic rings. The largest absolute Gasteiger partial charge is 0.408 e. The first kappa shape index (κ1) is 7.58. The van der Waals surface area contributed by atoms with Crippen molar-refractivity contribution in [1.29, 1.82) is 0 Å². The molecule has 0 amide bonds. The lowest BCUT2D eigenvalue weighted by molar-refractivity contribution is 0.510. The highest BCUT2D eigenvalue weighted by molar-refractivity contribution is 5.25. The Hall–Kier alpha value is -1.06. The second-order valence-electron chi connectivity index (χ2n) is 3.44. The molecule has 12 heavy (non-hydrogen) atoms. The van der Waals surface area contributed by atoms with Gasteiger partial charge in [-0.3, -0.25) is 0 Å². The minimum atomic E-state index is 0.643. The van der Waals surface area contributed by atoms with Gasteiger partial charge in [-0.1, -0.05) is 12.0 Å². The fourth-order valence-electron chi connectivity index (χ4n) is 1.52. The van der Waals surface area contributed by atoms with Gasteiger partial charge < -0.3 is 9.32 Å². The third-order valence-electron chi connectivity index (χ3n) is 2.21. The summed E-state index contributed by atoms with van der Waals surface area (Å²) in [5.41, 5.74) is 0. The van der Waals surface area contributed by atoms with E-state index in [-0.39, 0.29) is 0 Å². The Balaban J connectivity index is 2.11. The Morgan fingerprint density at radius 1 is 1.50 bits per heavy atom. The van der Waals surface area contributed by atoms with Gasteiger partial charge in [-0.15, -0.1) is 5.10 Å². The molecule has 1 fully saturated rings. The van der Waals surface area contributed by atoms with E-state index in [1.165, 1.54) is 6.42 Å². The number of hydrogen-bond acceptors (Lipinski definition) is 4. The van der Waals surface area contributed by atoms with E-state index in [1.807, 2.05) is 6.92 Å². The minimum Gasteiger partial charge on any atom is -0.408 e. The van der Waals surface area contributed by atoms with E-state index in [1.54, 1.807) is 0 Å². The summed E-state index contributed by atoms with van der Waals surface area (Å²) in [6.07, 6.45) is 1.22. The predicted octanol–water partition coefficient (Wildman–Crippen LogP) is 1.22. The van der Waals surface area contributed by atoms with Crippen molar-refractivity contribution in [2.24, 2.45) is 5.92 Å². The molecule has 1 saturated heterocycles. The Bertz CT molecular complexity index is 271. The zero-order chi connectivity index (χ0) is 8.55. The summed E-state index contributed by atoms with van der Waals surface area (Å²) in [5.74, 6) is 1.39. The van der Waals surface area contributed by atoms with Gasteiger partial charge in [0.05, 0.1) is 0 Å². The van der Waals surface area contributed by atoms with Crippen LogP contribution >= 0.6 is 0 Å². The smallest absolute Gasteiger partial charge is 0.318 e. The average molecular weight is 167 g/mol. The summed E-state index contributed by atoms with van der Waals surface area (Å²) in [7, 11) is 0. The molecular formula is C8H13N3O. The Morgan fingerprint density at radius 3 is 2.83 bits per heavy atom. The van der Waals surface area contributed by atoms with E-state index in [4.69, 9.17) is 4.42 Å². The first-order valence-electron chi connectivity index (χ1n) is 4.31. The van der Waals surface area contributed by atoms with Crippen molar-refractivity contribution < 1.29 is 4.42 Å². The number of aryl methyl sites for hydroxylation is 1. The van der Waals surface area contributed by atoms with E-state index >= 15 is 0 Å². The highest BCUT2D eigenvalue weighted by atomic mass is 16.4. The fraction of sp³-hybridized carbons (Fsp3) is 0.750. The normalized spacial score (nSPS) is 23.5. The summed E-state index contributed by atoms with van der Waals surface area (Å²) in [4.78, 5) is 2.14. The highest BCUT2D eigenvalue weighted by Crippen LogP contribution is 2.21. The number of anilines is 1. The molecule has 0 spiro atoms. The highest BCUT2D eigenvalue weighted by Gasteiger charge is 2.22. The van der Waals surface area contributed by atoms with Crippen molar-refractivity contribution in [3.8, 4) is 0 Å². The van der Waals surface area contributed by atoms with Crippen LogP contribution in [0.15, 0.2) is 4.42 Å². The molecule has 1 aromatic rings. The van der Waals surface area contributed by atoms with Gasteiger partial charge in [0, 0.05) is 20.0 Å². The Kier molecular flexibility index (Phi) is 1.75. The van der Waals surface area contributed by atoms with E-state index in [0.29, 0.717) is 11.9 Å². The van der Waals surface area contributed by atoms with Crippen LogP contribution in [0.3, 0.4) is 0 Å². The van der Waals surface area contributed by atoms with Crippen molar-refractivity contribution in [1.82, 2.24) is 10.2 Å². The number of nitrogens with zero attached hydrogens (tertiary/aromatic N) is 3. The van der Waals surface area contributed by atoms with Gasteiger partial charge >= 0.3 is 6.01 Å². The van der Waals surface area contributed by atoms with Crippen LogP contribution in [0.2, 0.25) is 0 Å². The quantitative estimate of drug-likeness (QED) is 0.630. The molecule has 0 radical (unpaired) electrons. The summed E-state index contributed by atoms with van der Waals surface area (Å²) in [6, 6.07) is 0.678. The maximum Gasteiger partial charge on any atom is 0.318 e. The second kappa shape index (κ2) is 2.77. The summed E-state index contributed by atoms with van der Waals surface area (Å²) < 4.78 is 5.32. The molecule has 0 aliphatic carbocycles. The summed E-state index contributed by atoms with van der Waals surface area (Å²) in [6.45, 7) is 6.14. The molecule has 0 N–H and O–H groups in total. The fourth-order valence-corrected chi connectivity index (χ4v) is 1.52. The van der Waals surface area contributed by atoms with Crippen LogP contribution < -0.4 is 4.90 Å². The van der Waals surface area contributed by atoms with Crippen molar-refractivity contribution in [2.75, 3.05) is 18.0 Å². The lowest BCUT2D eigenvalue weighted by atomic mass is 10.2. The van der Waals surface area contributed by atoms with Crippen LogP contribution in [-0.4, -0.2) is 23.3 Å². The molecule has 1 atom stereocenters. The molecule has 4 heteroatoms. The van der Waals surface area contributed by atoms with Crippen molar-refractivity contribution >= 4 is 6.01 Å². The predicted molar refractivity (Wildman–Crippen MR) is 45.0 cm³/mol. The number of hydrogen-bond donors (Lipinski definition) is 0. The van der Waals surface area contributed by atoms with E-state index < -0.39 is 0 Å². The van der Waals surface area contributed by atoms with Crippen LogP contribution in [0, 0.1) is 12.8 Å². The van der Waals surface area contributed by atoms with Crippen molar-refractivity contribution in [2.45, 2.75) is 20.3 Å². The molecule has 1 aromatic heterocycles. The third-order valence-corrected chi connectivity index (χ3v) is 2.21. The van der Waals surface area contributed by atoms with E-state index in [0.717, 1.165) is 19.0 Å². The van der Waals surface area contributed by atoms with Crippen LogP contribution in [0.5, 0.6) is 0 Å². The van der Waals surface area contributed by atoms with Crippen LogP contribution in [0.1, 0.15) is 19.2 Å². The third kappa shape index (κ3) is 1.29. The van der Waals surface area contributed by atoms with Gasteiger partial charge in [-0.2, -0.15) is 0 Å². The Morgan fingerprint density at radius 2 is 2.33 bits per heavy atom. The molecule has 0 bridgehead atoms. The second-order valence-corrected chi connectivity index (χ2v) is 3.44.